The van der Waals surface area contributed by atoms with E-state index in [-0.39, 0.29) is 29.6 Å². The highest BCUT2D eigenvalue weighted by Gasteiger charge is 2.21. The summed E-state index contributed by atoms with van der Waals surface area (Å²) < 4.78 is 36.5. The number of nitrogens with two attached hydrogens (primary N) is 1. The van der Waals surface area contributed by atoms with E-state index in [0.717, 1.165) is 0 Å². The van der Waals surface area contributed by atoms with E-state index >= 15 is 0 Å². The second-order valence-corrected chi connectivity index (χ2v) is 5.63. The van der Waals surface area contributed by atoms with Crippen molar-refractivity contribution < 1.29 is 17.4 Å². The summed E-state index contributed by atoms with van der Waals surface area (Å²) in [5.41, 5.74) is 5.40. The van der Waals surface area contributed by atoms with Crippen molar-refractivity contribution >= 4 is 10.0 Å². The predicted molar refractivity (Wildman–Crippen MR) is 64.4 cm³/mol. The van der Waals surface area contributed by atoms with Gasteiger partial charge in [0.25, 0.3) is 0 Å². The van der Waals surface area contributed by atoms with Crippen molar-refractivity contribution in [3.05, 3.63) is 29.3 Å². The third-order valence-corrected chi connectivity index (χ3v) is 3.91. The zero-order chi connectivity index (χ0) is 14.0. The maximum absolute atomic E-state index is 12.1. The Balaban J connectivity index is 2.15. The molecule has 0 spiro atoms. The zero-order valence-corrected chi connectivity index (χ0v) is 11.3. The molecule has 2 heterocycles. The molecule has 0 saturated heterocycles. The average molecular weight is 286 g/mol. The molecule has 0 radical (unpaired) electrons. The minimum absolute atomic E-state index is 0.0533. The molecule has 3 N–H and O–H groups in total. The third kappa shape index (κ3) is 3.00. The van der Waals surface area contributed by atoms with E-state index < -0.39 is 10.0 Å². The lowest BCUT2D eigenvalue weighted by Gasteiger charge is -2.02. The molecule has 19 heavy (non-hydrogen) atoms. The first-order chi connectivity index (χ1) is 8.92. The molecule has 0 aromatic carbocycles. The van der Waals surface area contributed by atoms with Gasteiger partial charge in [0.15, 0.2) is 5.82 Å². The van der Waals surface area contributed by atoms with E-state index in [4.69, 9.17) is 14.7 Å². The van der Waals surface area contributed by atoms with Crippen molar-refractivity contribution in [3.8, 4) is 0 Å². The number of sulfonamides is 1. The Bertz CT molecular complexity index is 674. The lowest BCUT2D eigenvalue weighted by atomic mass is 10.4. The molecule has 8 nitrogen and oxygen atoms in total. The highest BCUT2D eigenvalue weighted by molar-refractivity contribution is 7.89. The first-order valence-corrected chi connectivity index (χ1v) is 6.99. The SMILES string of the molecule is Cc1nc(CNS(=O)(=O)c2cc(CN)oc2C)no1. The van der Waals surface area contributed by atoms with Crippen LogP contribution in [0.2, 0.25) is 0 Å². The predicted octanol–water partition coefficient (Wildman–Crippen LogP) is 0.217. The maximum atomic E-state index is 12.1. The molecule has 0 aliphatic carbocycles. The number of aromatic nitrogens is 2. The molecular formula is C10H14N4O4S. The number of nitrogens with zero attached hydrogens (tertiary/aromatic N) is 2. The number of hydrogen-bond acceptors (Lipinski definition) is 7. The number of furan rings is 1. The molecule has 0 atom stereocenters. The van der Waals surface area contributed by atoms with E-state index in [1.165, 1.54) is 6.07 Å². The Kier molecular flexibility index (Phi) is 3.69. The first-order valence-electron chi connectivity index (χ1n) is 5.50. The fraction of sp³-hybridized carbons (Fsp3) is 0.400. The van der Waals surface area contributed by atoms with Crippen LogP contribution in [0.5, 0.6) is 0 Å². The largest absolute Gasteiger partial charge is 0.464 e. The van der Waals surface area contributed by atoms with Gasteiger partial charge in [0.05, 0.1) is 13.1 Å². The van der Waals surface area contributed by atoms with Crippen LogP contribution < -0.4 is 10.5 Å². The minimum Gasteiger partial charge on any atom is -0.464 e. The minimum atomic E-state index is -3.69. The standard InChI is InChI=1S/C10H14N4O4S/c1-6-9(3-8(4-11)17-6)19(15,16)12-5-10-13-7(2)18-14-10/h3,12H,4-5,11H2,1-2H3. The van der Waals surface area contributed by atoms with Crippen LogP contribution in [0.25, 0.3) is 0 Å². The van der Waals surface area contributed by atoms with Gasteiger partial charge in [-0.25, -0.2) is 13.1 Å². The summed E-state index contributed by atoms with van der Waals surface area (Å²) in [6, 6.07) is 1.40. The molecule has 0 saturated carbocycles. The van der Waals surface area contributed by atoms with E-state index in [1.54, 1.807) is 13.8 Å². The van der Waals surface area contributed by atoms with Crippen molar-refractivity contribution in [1.29, 1.82) is 0 Å². The Morgan fingerprint density at radius 1 is 1.42 bits per heavy atom. The van der Waals surface area contributed by atoms with Crippen LogP contribution in [0.4, 0.5) is 0 Å². The molecule has 0 unspecified atom stereocenters. The molecule has 0 aliphatic heterocycles. The fourth-order valence-corrected chi connectivity index (χ4v) is 2.72. The summed E-state index contributed by atoms with van der Waals surface area (Å²) >= 11 is 0. The van der Waals surface area contributed by atoms with E-state index in [1.807, 2.05) is 0 Å². The molecule has 0 aliphatic rings. The second kappa shape index (κ2) is 5.11. The van der Waals surface area contributed by atoms with Crippen molar-refractivity contribution in [2.45, 2.75) is 31.8 Å². The van der Waals surface area contributed by atoms with Gasteiger partial charge in [0, 0.05) is 13.0 Å². The Morgan fingerprint density at radius 3 is 2.68 bits per heavy atom. The highest BCUT2D eigenvalue weighted by atomic mass is 32.2. The van der Waals surface area contributed by atoms with Crippen LogP contribution in [0.1, 0.15) is 23.2 Å². The lowest BCUT2D eigenvalue weighted by molar-refractivity contribution is 0.387. The topological polar surface area (TPSA) is 124 Å². The number of hydrogen-bond donors (Lipinski definition) is 2. The summed E-state index contributed by atoms with van der Waals surface area (Å²) in [5, 5.41) is 3.60. The number of nitrogens with one attached hydrogen (secondary N) is 1. The van der Waals surface area contributed by atoms with Gasteiger partial charge in [-0.2, -0.15) is 4.98 Å². The third-order valence-electron chi connectivity index (χ3n) is 2.40. The van der Waals surface area contributed by atoms with Crippen LogP contribution in [-0.4, -0.2) is 18.6 Å². The van der Waals surface area contributed by atoms with Crippen molar-refractivity contribution in [3.63, 3.8) is 0 Å². The van der Waals surface area contributed by atoms with E-state index in [2.05, 4.69) is 14.9 Å². The number of rotatable bonds is 5. The van der Waals surface area contributed by atoms with Crippen LogP contribution in [-0.2, 0) is 23.1 Å². The molecule has 104 valence electrons. The normalized spacial score (nSPS) is 11.9. The molecular weight excluding hydrogens is 272 g/mol. The van der Waals surface area contributed by atoms with Crippen LogP contribution in [0.3, 0.4) is 0 Å². The summed E-state index contributed by atoms with van der Waals surface area (Å²) in [6.07, 6.45) is 0. The maximum Gasteiger partial charge on any atom is 0.244 e. The van der Waals surface area contributed by atoms with Gasteiger partial charge in [-0.05, 0) is 6.92 Å². The Labute approximate surface area is 110 Å². The fourth-order valence-electron chi connectivity index (χ4n) is 1.54. The zero-order valence-electron chi connectivity index (χ0n) is 10.5. The summed E-state index contributed by atoms with van der Waals surface area (Å²) in [6.45, 7) is 3.27. The van der Waals surface area contributed by atoms with Crippen molar-refractivity contribution in [2.24, 2.45) is 5.73 Å². The second-order valence-electron chi connectivity index (χ2n) is 3.89. The summed E-state index contributed by atoms with van der Waals surface area (Å²) in [7, 11) is -3.69. The van der Waals surface area contributed by atoms with Crippen molar-refractivity contribution in [2.75, 3.05) is 0 Å². The van der Waals surface area contributed by atoms with Gasteiger partial charge in [-0.1, -0.05) is 5.16 Å². The Morgan fingerprint density at radius 2 is 2.16 bits per heavy atom. The molecule has 0 amide bonds. The molecule has 2 rings (SSSR count). The molecule has 0 fully saturated rings. The van der Waals surface area contributed by atoms with E-state index in [0.29, 0.717) is 11.7 Å². The van der Waals surface area contributed by atoms with Gasteiger partial charge in [0.2, 0.25) is 15.9 Å². The van der Waals surface area contributed by atoms with Crippen LogP contribution >= 0.6 is 0 Å². The smallest absolute Gasteiger partial charge is 0.244 e. The average Bonchev–Trinajstić information content (AvgIpc) is 2.93. The lowest BCUT2D eigenvalue weighted by Crippen LogP contribution is -2.24. The first kappa shape index (κ1) is 13.7. The molecule has 9 heteroatoms. The highest BCUT2D eigenvalue weighted by Crippen LogP contribution is 2.19. The molecule has 0 bridgehead atoms. The van der Waals surface area contributed by atoms with Gasteiger partial charge >= 0.3 is 0 Å². The van der Waals surface area contributed by atoms with Gasteiger partial charge in [-0.15, -0.1) is 0 Å². The Hall–Kier alpha value is -1.71. The van der Waals surface area contributed by atoms with Crippen LogP contribution in [0.15, 0.2) is 19.9 Å². The quantitative estimate of drug-likeness (QED) is 0.805. The van der Waals surface area contributed by atoms with Crippen molar-refractivity contribution in [1.82, 2.24) is 14.9 Å². The van der Waals surface area contributed by atoms with Crippen LogP contribution in [0, 0.1) is 13.8 Å². The molecule has 2 aromatic heterocycles. The van der Waals surface area contributed by atoms with Gasteiger partial charge in [0.1, 0.15) is 16.4 Å². The molecule has 2 aromatic rings. The van der Waals surface area contributed by atoms with Gasteiger partial charge in [-0.3, -0.25) is 0 Å². The monoisotopic (exact) mass is 286 g/mol. The van der Waals surface area contributed by atoms with E-state index in [9.17, 15) is 8.42 Å². The summed E-state index contributed by atoms with van der Waals surface area (Å²) in [4.78, 5) is 3.97. The summed E-state index contributed by atoms with van der Waals surface area (Å²) in [5.74, 6) is 1.34. The number of aryl methyl sites for hydroxylation is 2. The van der Waals surface area contributed by atoms with Gasteiger partial charge < -0.3 is 14.7 Å².